The van der Waals surface area contributed by atoms with E-state index in [-0.39, 0.29) is 5.97 Å². The smallest absolute Gasteiger partial charge is 0.305 e. The molecule has 0 radical (unpaired) electrons. The van der Waals surface area contributed by atoms with Gasteiger partial charge in [-0.3, -0.25) is 4.79 Å². The fourth-order valence-electron chi connectivity index (χ4n) is 3.57. The number of nitrogens with zero attached hydrogens (tertiary/aromatic N) is 2. The second kappa shape index (κ2) is 9.18. The minimum atomic E-state index is -0.0946. The topological polar surface area (TPSA) is 54.5 Å². The monoisotopic (exact) mass is 345 g/mol. The molecule has 2 heterocycles. The molecule has 1 N–H and O–H groups in total. The SMILES string of the molecule is COC(=O)CCCN(CCCCc1ccc2c(n1)NCCC2)C1CC1. The Morgan fingerprint density at radius 2 is 2.12 bits per heavy atom. The van der Waals surface area contributed by atoms with Crippen molar-refractivity contribution >= 4 is 11.8 Å². The van der Waals surface area contributed by atoms with Crippen LogP contribution in [0.5, 0.6) is 0 Å². The molecule has 0 amide bonds. The van der Waals surface area contributed by atoms with E-state index in [2.05, 4.69) is 22.3 Å². The normalized spacial score (nSPS) is 16.4. The quantitative estimate of drug-likeness (QED) is 0.521. The van der Waals surface area contributed by atoms with Crippen molar-refractivity contribution in [3.63, 3.8) is 0 Å². The van der Waals surface area contributed by atoms with Crippen molar-refractivity contribution in [2.24, 2.45) is 0 Å². The van der Waals surface area contributed by atoms with Gasteiger partial charge in [-0.05, 0) is 76.1 Å². The Labute approximate surface area is 151 Å². The summed E-state index contributed by atoms with van der Waals surface area (Å²) in [5.74, 6) is 1.01. The Morgan fingerprint density at radius 3 is 2.92 bits per heavy atom. The first-order chi connectivity index (χ1) is 12.3. The lowest BCUT2D eigenvalue weighted by molar-refractivity contribution is -0.140. The van der Waals surface area contributed by atoms with Gasteiger partial charge in [0.15, 0.2) is 0 Å². The molecule has 1 aromatic heterocycles. The maximum absolute atomic E-state index is 11.2. The standard InChI is InChI=1S/C20H31N3O2/c1-25-19(24)8-5-15-23(18-11-12-18)14-3-2-7-17-10-9-16-6-4-13-21-20(16)22-17/h9-10,18H,2-8,11-15H2,1H3,(H,21,22). The number of anilines is 1. The molecule has 0 saturated heterocycles. The number of fused-ring (bicyclic) bond motifs is 1. The van der Waals surface area contributed by atoms with Gasteiger partial charge in [0.1, 0.15) is 5.82 Å². The molecular weight excluding hydrogens is 314 g/mol. The first-order valence-electron chi connectivity index (χ1n) is 9.80. The molecule has 0 unspecified atom stereocenters. The van der Waals surface area contributed by atoms with Crippen LogP contribution in [0.25, 0.3) is 0 Å². The van der Waals surface area contributed by atoms with Crippen LogP contribution < -0.4 is 5.32 Å². The maximum Gasteiger partial charge on any atom is 0.305 e. The van der Waals surface area contributed by atoms with Crippen LogP contribution in [0.2, 0.25) is 0 Å². The third-order valence-corrected chi connectivity index (χ3v) is 5.20. The number of esters is 1. The van der Waals surface area contributed by atoms with E-state index in [1.807, 2.05) is 0 Å². The lowest BCUT2D eigenvalue weighted by Gasteiger charge is -2.21. The Hall–Kier alpha value is -1.62. The van der Waals surface area contributed by atoms with Crippen LogP contribution in [0.15, 0.2) is 12.1 Å². The summed E-state index contributed by atoms with van der Waals surface area (Å²) in [4.78, 5) is 18.6. The summed E-state index contributed by atoms with van der Waals surface area (Å²) in [7, 11) is 1.46. The van der Waals surface area contributed by atoms with E-state index in [1.165, 1.54) is 50.5 Å². The fourth-order valence-corrected chi connectivity index (χ4v) is 3.57. The zero-order chi connectivity index (χ0) is 17.5. The minimum Gasteiger partial charge on any atom is -0.469 e. The second-order valence-electron chi connectivity index (χ2n) is 7.24. The van der Waals surface area contributed by atoms with Crippen LogP contribution in [0.4, 0.5) is 5.82 Å². The average Bonchev–Trinajstić information content (AvgIpc) is 3.48. The molecule has 0 atom stereocenters. The number of ether oxygens (including phenoxy) is 1. The van der Waals surface area contributed by atoms with Crippen molar-refractivity contribution in [2.75, 3.05) is 32.1 Å². The van der Waals surface area contributed by atoms with Gasteiger partial charge in [0, 0.05) is 24.7 Å². The zero-order valence-corrected chi connectivity index (χ0v) is 15.4. The van der Waals surface area contributed by atoms with Crippen molar-refractivity contribution in [2.45, 2.75) is 63.8 Å². The molecule has 138 valence electrons. The molecule has 0 aromatic carbocycles. The first kappa shape index (κ1) is 18.2. The van der Waals surface area contributed by atoms with E-state index in [0.717, 1.165) is 50.8 Å². The number of carbonyl (C=O) groups excluding carboxylic acids is 1. The molecule has 5 heteroatoms. The van der Waals surface area contributed by atoms with Crippen LogP contribution in [-0.4, -0.2) is 48.6 Å². The lowest BCUT2D eigenvalue weighted by atomic mass is 10.1. The van der Waals surface area contributed by atoms with Gasteiger partial charge >= 0.3 is 5.97 Å². The third-order valence-electron chi connectivity index (χ3n) is 5.20. The van der Waals surface area contributed by atoms with E-state index < -0.39 is 0 Å². The summed E-state index contributed by atoms with van der Waals surface area (Å²) in [5, 5.41) is 3.41. The van der Waals surface area contributed by atoms with Gasteiger partial charge in [-0.15, -0.1) is 0 Å². The average molecular weight is 345 g/mol. The number of aromatic nitrogens is 1. The minimum absolute atomic E-state index is 0.0946. The predicted octanol–water partition coefficient (Wildman–Crippen LogP) is 3.18. The number of methoxy groups -OCH3 is 1. The second-order valence-corrected chi connectivity index (χ2v) is 7.24. The van der Waals surface area contributed by atoms with Crippen molar-refractivity contribution in [1.29, 1.82) is 0 Å². The third kappa shape index (κ3) is 5.70. The van der Waals surface area contributed by atoms with E-state index in [9.17, 15) is 4.79 Å². The summed E-state index contributed by atoms with van der Waals surface area (Å²) in [6, 6.07) is 5.19. The van der Waals surface area contributed by atoms with Crippen LogP contribution in [0.3, 0.4) is 0 Å². The predicted molar refractivity (Wildman–Crippen MR) is 99.8 cm³/mol. The van der Waals surface area contributed by atoms with Crippen molar-refractivity contribution in [1.82, 2.24) is 9.88 Å². The highest BCUT2D eigenvalue weighted by Gasteiger charge is 2.28. The number of hydrogen-bond donors (Lipinski definition) is 1. The summed E-state index contributed by atoms with van der Waals surface area (Å²) in [6.07, 6.45) is 9.85. The Kier molecular flexibility index (Phi) is 6.68. The molecular formula is C20H31N3O2. The maximum atomic E-state index is 11.2. The van der Waals surface area contributed by atoms with Gasteiger partial charge in [0.25, 0.3) is 0 Å². The molecule has 2 aliphatic rings. The number of hydrogen-bond acceptors (Lipinski definition) is 5. The molecule has 3 rings (SSSR count). The van der Waals surface area contributed by atoms with Crippen LogP contribution in [0, 0.1) is 0 Å². The summed E-state index contributed by atoms with van der Waals surface area (Å²) in [5.41, 5.74) is 2.57. The van der Waals surface area contributed by atoms with Crippen molar-refractivity contribution in [3.05, 3.63) is 23.4 Å². The number of carbonyl (C=O) groups is 1. The Balaban J connectivity index is 1.37. The highest BCUT2D eigenvalue weighted by molar-refractivity contribution is 5.69. The van der Waals surface area contributed by atoms with Crippen molar-refractivity contribution < 1.29 is 9.53 Å². The molecule has 0 bridgehead atoms. The van der Waals surface area contributed by atoms with E-state index >= 15 is 0 Å². The molecule has 25 heavy (non-hydrogen) atoms. The largest absolute Gasteiger partial charge is 0.469 e. The Bertz CT molecular complexity index is 572. The van der Waals surface area contributed by atoms with Crippen LogP contribution in [0.1, 0.15) is 56.2 Å². The van der Waals surface area contributed by atoms with Crippen LogP contribution in [-0.2, 0) is 22.4 Å². The molecule has 5 nitrogen and oxygen atoms in total. The zero-order valence-electron chi connectivity index (χ0n) is 15.4. The first-order valence-corrected chi connectivity index (χ1v) is 9.80. The summed E-state index contributed by atoms with van der Waals surface area (Å²) >= 11 is 0. The van der Waals surface area contributed by atoms with Gasteiger partial charge in [0.2, 0.25) is 0 Å². The summed E-state index contributed by atoms with van der Waals surface area (Å²) in [6.45, 7) is 3.20. The highest BCUT2D eigenvalue weighted by atomic mass is 16.5. The van der Waals surface area contributed by atoms with Gasteiger partial charge < -0.3 is 15.0 Å². The number of rotatable bonds is 10. The molecule has 1 aromatic rings. The lowest BCUT2D eigenvalue weighted by Crippen LogP contribution is -2.28. The van der Waals surface area contributed by atoms with Crippen molar-refractivity contribution in [3.8, 4) is 0 Å². The number of pyridine rings is 1. The van der Waals surface area contributed by atoms with Gasteiger partial charge in [-0.1, -0.05) is 6.07 Å². The molecule has 1 fully saturated rings. The molecule has 0 spiro atoms. The Morgan fingerprint density at radius 1 is 1.28 bits per heavy atom. The molecule has 1 aliphatic heterocycles. The van der Waals surface area contributed by atoms with E-state index in [4.69, 9.17) is 9.72 Å². The van der Waals surface area contributed by atoms with Gasteiger partial charge in [-0.2, -0.15) is 0 Å². The number of unbranched alkanes of at least 4 members (excludes halogenated alkanes) is 1. The summed E-state index contributed by atoms with van der Waals surface area (Å²) < 4.78 is 4.73. The number of aryl methyl sites for hydroxylation is 2. The van der Waals surface area contributed by atoms with E-state index in [1.54, 1.807) is 0 Å². The van der Waals surface area contributed by atoms with Gasteiger partial charge in [-0.25, -0.2) is 4.98 Å². The van der Waals surface area contributed by atoms with Gasteiger partial charge in [0.05, 0.1) is 7.11 Å². The number of nitrogens with one attached hydrogen (secondary N) is 1. The van der Waals surface area contributed by atoms with E-state index in [0.29, 0.717) is 6.42 Å². The molecule has 1 saturated carbocycles. The highest BCUT2D eigenvalue weighted by Crippen LogP contribution is 2.27. The molecule has 1 aliphatic carbocycles. The fraction of sp³-hybridized carbons (Fsp3) is 0.700. The van der Waals surface area contributed by atoms with Crippen LogP contribution >= 0.6 is 0 Å².